The van der Waals surface area contributed by atoms with E-state index < -0.39 is 28.0 Å². The molecule has 0 amide bonds. The molecule has 3 rings (SSSR count). The van der Waals surface area contributed by atoms with Crippen LogP contribution in [0.4, 0.5) is 5.13 Å². The molecule has 11 heteroatoms. The quantitative estimate of drug-likeness (QED) is 0.324. The van der Waals surface area contributed by atoms with Crippen molar-refractivity contribution < 1.29 is 14.1 Å². The number of carbonyl (C=O) groups is 1. The predicted octanol–water partition coefficient (Wildman–Crippen LogP) is 0.952. The summed E-state index contributed by atoms with van der Waals surface area (Å²) in [7, 11) is 1.76. The van der Waals surface area contributed by atoms with Crippen molar-refractivity contribution in [3.05, 3.63) is 35.3 Å². The first-order chi connectivity index (χ1) is 11.9. The average Bonchev–Trinajstić information content (AvgIpc) is 3.21. The third kappa shape index (κ3) is 3.66. The van der Waals surface area contributed by atoms with Crippen LogP contribution in [0, 0.1) is 5.21 Å². The molecule has 2 aromatic rings. The molecule has 2 aromatic heterocycles. The van der Waals surface area contributed by atoms with Crippen LogP contribution < -0.4 is 4.65 Å². The van der Waals surface area contributed by atoms with E-state index in [1.807, 2.05) is 0 Å². The molecule has 3 heterocycles. The van der Waals surface area contributed by atoms with Crippen LogP contribution in [0.1, 0.15) is 17.3 Å². The molecule has 0 aromatic carbocycles. The van der Waals surface area contributed by atoms with Gasteiger partial charge in [0, 0.05) is 34.9 Å². The van der Waals surface area contributed by atoms with Gasteiger partial charge in [-0.2, -0.15) is 0 Å². The molecule has 134 valence electrons. The second-order valence-electron chi connectivity index (χ2n) is 5.56. The summed E-state index contributed by atoms with van der Waals surface area (Å²) >= 11 is -0.285. The summed E-state index contributed by atoms with van der Waals surface area (Å²) in [5.74, 6) is -0.221. The number of likely N-dealkylation sites (N-methyl/N-ethyl adjacent to an activating group) is 1. The lowest BCUT2D eigenvalue weighted by molar-refractivity contribution is 0.00555. The van der Waals surface area contributed by atoms with Gasteiger partial charge in [0.25, 0.3) is 6.23 Å². The summed E-state index contributed by atoms with van der Waals surface area (Å²) in [6, 6.07) is 3.19. The van der Waals surface area contributed by atoms with E-state index in [1.165, 1.54) is 6.20 Å². The Bertz CT molecular complexity index is 746. The molecule has 9 nitrogen and oxygen atoms in total. The van der Waals surface area contributed by atoms with Crippen LogP contribution in [-0.4, -0.2) is 62.8 Å². The first kappa shape index (κ1) is 18.2. The Balaban J connectivity index is 1.83. The molecule has 0 N–H and O–H groups in total. The maximum Gasteiger partial charge on any atom is 0.344 e. The average molecular weight is 383 g/mol. The van der Waals surface area contributed by atoms with Gasteiger partial charge in [-0.1, -0.05) is 10.2 Å². The Kier molecular flexibility index (Phi) is 5.32. The van der Waals surface area contributed by atoms with Crippen molar-refractivity contribution >= 4 is 33.6 Å². The molecule has 0 saturated carbocycles. The van der Waals surface area contributed by atoms with Crippen molar-refractivity contribution in [3.63, 3.8) is 0 Å². The molecule has 0 bridgehead atoms. The monoisotopic (exact) mass is 383 g/mol. The van der Waals surface area contributed by atoms with Gasteiger partial charge in [0.05, 0.1) is 12.1 Å². The third-order valence-corrected chi connectivity index (χ3v) is 6.33. The van der Waals surface area contributed by atoms with Gasteiger partial charge >= 0.3 is 15.4 Å². The van der Waals surface area contributed by atoms with E-state index in [4.69, 9.17) is 4.74 Å². The summed E-state index contributed by atoms with van der Waals surface area (Å²) in [4.78, 5) is 17.9. The Labute approximate surface area is 151 Å². The van der Waals surface area contributed by atoms with Crippen LogP contribution in [0.2, 0.25) is 0 Å². The van der Waals surface area contributed by atoms with Gasteiger partial charge in [0.2, 0.25) is 0 Å². The van der Waals surface area contributed by atoms with Gasteiger partial charge < -0.3 is 14.5 Å². The van der Waals surface area contributed by atoms with Crippen LogP contribution in [-0.2, 0) is 15.9 Å². The highest BCUT2D eigenvalue weighted by Crippen LogP contribution is 2.35. The van der Waals surface area contributed by atoms with Gasteiger partial charge in [-0.25, -0.2) is 9.69 Å². The molecule has 0 aliphatic carbocycles. The summed E-state index contributed by atoms with van der Waals surface area (Å²) in [6.45, 7) is 2.10. The van der Waals surface area contributed by atoms with E-state index in [2.05, 4.69) is 15.2 Å². The van der Waals surface area contributed by atoms with Crippen LogP contribution in [0.25, 0.3) is 0 Å². The maximum absolute atomic E-state index is 13.3. The number of rotatable bonds is 5. The number of aromatic nitrogens is 3. The lowest BCUT2D eigenvalue weighted by atomic mass is 10.3. The fourth-order valence-electron chi connectivity index (χ4n) is 2.46. The Hall–Kier alpha value is -1.63. The second kappa shape index (κ2) is 7.32. The molecule has 25 heavy (non-hydrogen) atoms. The summed E-state index contributed by atoms with van der Waals surface area (Å²) in [5.41, 5.74) is 0.272. The van der Waals surface area contributed by atoms with Crippen molar-refractivity contribution in [1.29, 1.82) is 0 Å². The number of ether oxygens (including phenoxy) is 1. The summed E-state index contributed by atoms with van der Waals surface area (Å²) in [5, 5.41) is 21.2. The highest BCUT2D eigenvalue weighted by Gasteiger charge is 2.46. The number of hydroxylamine groups is 2. The standard InChI is InChI=1S/C14H17N5O4S2/c1-3-25(22)14-17-16-13(24-14)19(21)9-18(2)8-11(19)23-12(20)10-5-4-6-15-7-10/h4-7,11H,3,8-9H2,1-2H3. The Morgan fingerprint density at radius 2 is 2.36 bits per heavy atom. The van der Waals surface area contributed by atoms with Crippen LogP contribution >= 0.6 is 11.3 Å². The zero-order chi connectivity index (χ0) is 18.0. The third-order valence-electron chi connectivity index (χ3n) is 3.70. The van der Waals surface area contributed by atoms with Crippen LogP contribution in [0.5, 0.6) is 0 Å². The minimum absolute atomic E-state index is 0.0678. The van der Waals surface area contributed by atoms with Gasteiger partial charge in [-0.15, -0.1) is 0 Å². The van der Waals surface area contributed by atoms with Crippen LogP contribution in [0.3, 0.4) is 0 Å². The summed E-state index contributed by atoms with van der Waals surface area (Å²) in [6.07, 6.45) is 1.95. The van der Waals surface area contributed by atoms with E-state index in [9.17, 15) is 14.6 Å². The molecule has 1 aliphatic heterocycles. The fourth-order valence-corrected chi connectivity index (χ4v) is 4.44. The van der Waals surface area contributed by atoms with E-state index in [0.717, 1.165) is 11.3 Å². The first-order valence-corrected chi connectivity index (χ1v) is 9.68. The van der Waals surface area contributed by atoms with E-state index >= 15 is 0 Å². The maximum atomic E-state index is 13.3. The molecule has 0 spiro atoms. The topological polar surface area (TPSA) is 114 Å². The number of hydrogen-bond acceptors (Lipinski definition) is 9. The normalized spacial score (nSPS) is 25.0. The fraction of sp³-hybridized carbons (Fsp3) is 0.429. The van der Waals surface area contributed by atoms with E-state index in [1.54, 1.807) is 37.2 Å². The molecule has 3 atom stereocenters. The van der Waals surface area contributed by atoms with Crippen molar-refractivity contribution in [2.75, 3.05) is 26.0 Å². The van der Waals surface area contributed by atoms with E-state index in [0.29, 0.717) is 10.1 Å². The lowest BCUT2D eigenvalue weighted by Gasteiger charge is -2.37. The largest absolute Gasteiger partial charge is 0.622 e. The van der Waals surface area contributed by atoms with Crippen molar-refractivity contribution in [1.82, 2.24) is 24.7 Å². The SMILES string of the molecule is CC[S+]([O-])c1nnc([N+]2([O-])CN(C)CC2OC(=O)c2cccnc2)s1. The number of carbonyl (C=O) groups excluding carboxylic acids is 1. The number of nitrogens with zero attached hydrogens (tertiary/aromatic N) is 5. The zero-order valence-electron chi connectivity index (χ0n) is 13.7. The van der Waals surface area contributed by atoms with E-state index in [-0.39, 0.29) is 23.9 Å². The van der Waals surface area contributed by atoms with Gasteiger partial charge in [0.15, 0.2) is 0 Å². The molecular weight excluding hydrogens is 366 g/mol. The van der Waals surface area contributed by atoms with Crippen molar-refractivity contribution in [2.45, 2.75) is 17.5 Å². The number of hydrogen-bond donors (Lipinski definition) is 0. The van der Waals surface area contributed by atoms with Gasteiger partial charge in [-0.3, -0.25) is 9.63 Å². The van der Waals surface area contributed by atoms with Crippen molar-refractivity contribution in [2.24, 2.45) is 0 Å². The summed E-state index contributed by atoms with van der Waals surface area (Å²) < 4.78 is 16.6. The molecular formula is C14H17N5O4S2. The highest BCUT2D eigenvalue weighted by atomic mass is 32.2. The molecule has 1 fully saturated rings. The number of esters is 1. The van der Waals surface area contributed by atoms with Gasteiger partial charge in [0.1, 0.15) is 12.4 Å². The number of quaternary nitrogens is 1. The number of pyridine rings is 1. The second-order valence-corrected chi connectivity index (χ2v) is 8.43. The minimum atomic E-state index is -1.28. The molecule has 0 radical (unpaired) electrons. The minimum Gasteiger partial charge on any atom is -0.622 e. The molecule has 1 aliphatic rings. The van der Waals surface area contributed by atoms with Crippen LogP contribution in [0.15, 0.2) is 28.9 Å². The Morgan fingerprint density at radius 1 is 1.56 bits per heavy atom. The van der Waals surface area contributed by atoms with Crippen molar-refractivity contribution in [3.8, 4) is 0 Å². The zero-order valence-corrected chi connectivity index (χ0v) is 15.3. The molecule has 3 unspecified atom stereocenters. The lowest BCUT2D eigenvalue weighted by Crippen LogP contribution is -2.50. The first-order valence-electron chi connectivity index (χ1n) is 7.54. The highest BCUT2D eigenvalue weighted by molar-refractivity contribution is 7.93. The molecule has 1 saturated heterocycles. The van der Waals surface area contributed by atoms with Gasteiger partial charge in [-0.05, 0) is 26.1 Å². The predicted molar refractivity (Wildman–Crippen MR) is 93.0 cm³/mol. The smallest absolute Gasteiger partial charge is 0.344 e. The Morgan fingerprint density at radius 3 is 3.04 bits per heavy atom.